The van der Waals surface area contributed by atoms with Gasteiger partial charge in [-0.2, -0.15) is 0 Å². The molecule has 3 N–H and O–H groups in total. The van der Waals surface area contributed by atoms with E-state index in [9.17, 15) is 4.79 Å². The lowest BCUT2D eigenvalue weighted by atomic mass is 9.94. The van der Waals surface area contributed by atoms with Crippen molar-refractivity contribution in [3.8, 4) is 5.75 Å². The van der Waals surface area contributed by atoms with Gasteiger partial charge in [-0.05, 0) is 43.4 Å². The van der Waals surface area contributed by atoms with Crippen molar-refractivity contribution in [2.75, 3.05) is 12.4 Å². The van der Waals surface area contributed by atoms with Crippen LogP contribution in [-0.2, 0) is 4.79 Å². The fourth-order valence-electron chi connectivity index (χ4n) is 2.90. The first kappa shape index (κ1) is 18.2. The van der Waals surface area contributed by atoms with Crippen molar-refractivity contribution in [2.24, 2.45) is 0 Å². The molecular weight excluding hydrogens is 370 g/mol. The van der Waals surface area contributed by atoms with Gasteiger partial charge in [-0.25, -0.2) is 0 Å². The lowest BCUT2D eigenvalue weighted by Gasteiger charge is -2.31. The number of nitrogens with one attached hydrogen (secondary N) is 3. The highest BCUT2D eigenvalue weighted by Crippen LogP contribution is 2.33. The van der Waals surface area contributed by atoms with Gasteiger partial charge in [0, 0.05) is 22.0 Å². The minimum Gasteiger partial charge on any atom is -0.496 e. The van der Waals surface area contributed by atoms with Crippen molar-refractivity contribution < 1.29 is 9.53 Å². The zero-order chi connectivity index (χ0) is 18.7. The number of hydrogen-bond donors (Lipinski definition) is 3. The van der Waals surface area contributed by atoms with Gasteiger partial charge in [0.05, 0.1) is 18.7 Å². The first-order valence-corrected chi connectivity index (χ1v) is 8.76. The van der Waals surface area contributed by atoms with E-state index in [1.54, 1.807) is 31.4 Å². The Morgan fingerprint density at radius 2 is 2.00 bits per heavy atom. The molecule has 5 nitrogen and oxygen atoms in total. The predicted molar refractivity (Wildman–Crippen MR) is 107 cm³/mol. The van der Waals surface area contributed by atoms with Crippen molar-refractivity contribution in [1.82, 2.24) is 10.6 Å². The average molecular weight is 388 g/mol. The number of carbonyl (C=O) groups is 1. The number of halogens is 1. The number of benzene rings is 2. The third-order valence-corrected chi connectivity index (χ3v) is 4.50. The molecule has 0 aromatic heterocycles. The van der Waals surface area contributed by atoms with Crippen LogP contribution in [0.1, 0.15) is 18.5 Å². The van der Waals surface area contributed by atoms with E-state index in [4.69, 9.17) is 28.6 Å². The van der Waals surface area contributed by atoms with E-state index in [1.807, 2.05) is 31.2 Å². The first-order chi connectivity index (χ1) is 12.5. The van der Waals surface area contributed by atoms with Gasteiger partial charge in [-0.15, -0.1) is 0 Å². The third kappa shape index (κ3) is 3.81. The van der Waals surface area contributed by atoms with Gasteiger partial charge < -0.3 is 20.7 Å². The van der Waals surface area contributed by atoms with Gasteiger partial charge in [-0.3, -0.25) is 4.79 Å². The molecule has 2 aromatic rings. The van der Waals surface area contributed by atoms with Crippen LogP contribution in [0.2, 0.25) is 5.02 Å². The van der Waals surface area contributed by atoms with Gasteiger partial charge >= 0.3 is 0 Å². The maximum absolute atomic E-state index is 13.0. The Morgan fingerprint density at radius 3 is 2.73 bits per heavy atom. The summed E-state index contributed by atoms with van der Waals surface area (Å²) >= 11 is 11.3. The Hall–Kier alpha value is -2.57. The Kier molecular flexibility index (Phi) is 5.44. The molecule has 0 saturated carbocycles. The van der Waals surface area contributed by atoms with Crippen molar-refractivity contribution in [3.05, 3.63) is 70.4 Å². The second-order valence-electron chi connectivity index (χ2n) is 5.78. The summed E-state index contributed by atoms with van der Waals surface area (Å²) in [6.07, 6.45) is 0. The molecule has 134 valence electrons. The van der Waals surface area contributed by atoms with Gasteiger partial charge in [0.15, 0.2) is 5.11 Å². The van der Waals surface area contributed by atoms with Crippen LogP contribution in [0.4, 0.5) is 5.69 Å². The molecule has 1 atom stereocenters. The van der Waals surface area contributed by atoms with Gasteiger partial charge in [0.2, 0.25) is 0 Å². The standard InChI is InChI=1S/C19H18ClN3O2S/c1-11-16(18(24)22-13-7-5-6-12(20)10-13)17(23-19(26)21-11)14-8-3-4-9-15(14)25-2/h3-10,17H,1-2H3,(H,22,24)(H2,21,23,26)/t17-/m1/s1. The highest BCUT2D eigenvalue weighted by atomic mass is 35.5. The fourth-order valence-corrected chi connectivity index (χ4v) is 3.36. The minimum absolute atomic E-state index is 0.247. The summed E-state index contributed by atoms with van der Waals surface area (Å²) in [5.74, 6) is 0.429. The number of thiocarbonyl (C=S) groups is 1. The molecule has 1 aliphatic rings. The number of anilines is 1. The van der Waals surface area contributed by atoms with Gasteiger partial charge in [0.25, 0.3) is 5.91 Å². The Bertz CT molecular complexity index is 898. The highest BCUT2D eigenvalue weighted by Gasteiger charge is 2.31. The summed E-state index contributed by atoms with van der Waals surface area (Å²) < 4.78 is 5.46. The molecule has 26 heavy (non-hydrogen) atoms. The maximum atomic E-state index is 13.0. The van der Waals surface area contributed by atoms with Crippen LogP contribution in [0.15, 0.2) is 59.8 Å². The fraction of sp³-hybridized carbons (Fsp3) is 0.158. The van der Waals surface area contributed by atoms with Crippen LogP contribution < -0.4 is 20.7 Å². The number of rotatable bonds is 4. The molecule has 0 aliphatic carbocycles. The molecule has 3 rings (SSSR count). The number of hydrogen-bond acceptors (Lipinski definition) is 3. The largest absolute Gasteiger partial charge is 0.496 e. The van der Waals surface area contributed by atoms with Crippen LogP contribution in [-0.4, -0.2) is 18.1 Å². The van der Waals surface area contributed by atoms with Crippen molar-refractivity contribution in [3.63, 3.8) is 0 Å². The monoisotopic (exact) mass is 387 g/mol. The summed E-state index contributed by atoms with van der Waals surface area (Å²) in [5.41, 5.74) is 2.66. The van der Waals surface area contributed by atoms with E-state index in [0.29, 0.717) is 32.8 Å². The zero-order valence-electron chi connectivity index (χ0n) is 14.3. The number of para-hydroxylation sites is 1. The van der Waals surface area contributed by atoms with E-state index in [2.05, 4.69) is 16.0 Å². The molecule has 7 heteroatoms. The first-order valence-electron chi connectivity index (χ1n) is 7.97. The lowest BCUT2D eigenvalue weighted by Crippen LogP contribution is -2.45. The number of allylic oxidation sites excluding steroid dienone is 1. The molecule has 1 heterocycles. The lowest BCUT2D eigenvalue weighted by molar-refractivity contribution is -0.113. The van der Waals surface area contributed by atoms with Gasteiger partial charge in [0.1, 0.15) is 5.75 Å². The predicted octanol–water partition coefficient (Wildman–Crippen LogP) is 3.78. The SMILES string of the molecule is COc1ccccc1[C@H]1NC(=S)NC(C)=C1C(=O)Nc1cccc(Cl)c1. The molecule has 0 bridgehead atoms. The second kappa shape index (κ2) is 7.76. The number of amides is 1. The van der Waals surface area contributed by atoms with Crippen molar-refractivity contribution in [1.29, 1.82) is 0 Å². The van der Waals surface area contributed by atoms with Crippen LogP contribution in [0.3, 0.4) is 0 Å². The smallest absolute Gasteiger partial charge is 0.255 e. The van der Waals surface area contributed by atoms with E-state index >= 15 is 0 Å². The Labute approximate surface area is 162 Å². The molecule has 0 radical (unpaired) electrons. The molecule has 0 unspecified atom stereocenters. The molecule has 2 aromatic carbocycles. The minimum atomic E-state index is -0.431. The summed E-state index contributed by atoms with van der Waals surface area (Å²) in [4.78, 5) is 13.0. The number of ether oxygens (including phenoxy) is 1. The van der Waals surface area contributed by atoms with Crippen LogP contribution in [0, 0.1) is 0 Å². The summed E-state index contributed by atoms with van der Waals surface area (Å²) in [6, 6.07) is 14.1. The van der Waals surface area contributed by atoms with Crippen molar-refractivity contribution in [2.45, 2.75) is 13.0 Å². The molecular formula is C19H18ClN3O2S. The Morgan fingerprint density at radius 1 is 1.23 bits per heavy atom. The van der Waals surface area contributed by atoms with Crippen LogP contribution in [0.25, 0.3) is 0 Å². The average Bonchev–Trinajstić information content (AvgIpc) is 2.60. The highest BCUT2D eigenvalue weighted by molar-refractivity contribution is 7.80. The molecule has 0 spiro atoms. The molecule has 1 aliphatic heterocycles. The van der Waals surface area contributed by atoms with Crippen LogP contribution >= 0.6 is 23.8 Å². The summed E-state index contributed by atoms with van der Waals surface area (Å²) in [7, 11) is 1.60. The quantitative estimate of drug-likeness (QED) is 0.697. The maximum Gasteiger partial charge on any atom is 0.255 e. The van der Waals surface area contributed by atoms with Crippen molar-refractivity contribution >= 4 is 40.5 Å². The number of carbonyl (C=O) groups excluding carboxylic acids is 1. The Balaban J connectivity index is 1.99. The van der Waals surface area contributed by atoms with E-state index in [0.717, 1.165) is 5.56 Å². The topological polar surface area (TPSA) is 62.4 Å². The van der Waals surface area contributed by atoms with Gasteiger partial charge in [-0.1, -0.05) is 35.9 Å². The molecule has 0 fully saturated rings. The normalized spacial score (nSPS) is 16.6. The summed E-state index contributed by atoms with van der Waals surface area (Å²) in [6.45, 7) is 1.82. The van der Waals surface area contributed by atoms with E-state index in [1.165, 1.54) is 0 Å². The van der Waals surface area contributed by atoms with Crippen LogP contribution in [0.5, 0.6) is 5.75 Å². The molecule has 1 amide bonds. The number of methoxy groups -OCH3 is 1. The molecule has 0 saturated heterocycles. The second-order valence-corrected chi connectivity index (χ2v) is 6.62. The van der Waals surface area contributed by atoms with E-state index < -0.39 is 6.04 Å². The summed E-state index contributed by atoms with van der Waals surface area (Å²) in [5, 5.41) is 10.1. The third-order valence-electron chi connectivity index (χ3n) is 4.05. The van der Waals surface area contributed by atoms with E-state index in [-0.39, 0.29) is 5.91 Å². The zero-order valence-corrected chi connectivity index (χ0v) is 15.9.